The zero-order chi connectivity index (χ0) is 20.3. The molecular weight excluding hydrogens is 352 g/mol. The largest absolute Gasteiger partial charge is 0.497 e. The average molecular weight is 383 g/mol. The monoisotopic (exact) mass is 382 g/mol. The molecule has 1 saturated heterocycles. The van der Waals surface area contributed by atoms with Crippen LogP contribution in [0.5, 0.6) is 5.75 Å². The highest BCUT2D eigenvalue weighted by Crippen LogP contribution is 2.31. The summed E-state index contributed by atoms with van der Waals surface area (Å²) in [5.41, 5.74) is 4.93. The molecule has 1 atom stereocenters. The molecule has 1 fully saturated rings. The Hall–Kier alpha value is -2.53. The van der Waals surface area contributed by atoms with Crippen LogP contribution in [0.25, 0.3) is 0 Å². The van der Waals surface area contributed by atoms with Crippen molar-refractivity contribution < 1.29 is 14.6 Å². The molecule has 1 unspecified atom stereocenters. The standard InChI is InChI=1S/C23H30N2O3/c1-5-25(21-7-6-8-22(12-21)28-4)17(3)18-10-9-16(2)19(11-18)13-24-14-20(15-24)23(26)27/h6-12,17,20H,5,13-15H2,1-4H3,(H,26,27). The van der Waals surface area contributed by atoms with Gasteiger partial charge in [-0.2, -0.15) is 0 Å². The first-order valence-electron chi connectivity index (χ1n) is 9.88. The maximum absolute atomic E-state index is 11.0. The Morgan fingerprint density at radius 3 is 2.68 bits per heavy atom. The number of rotatable bonds is 8. The van der Waals surface area contributed by atoms with E-state index in [4.69, 9.17) is 9.84 Å². The molecule has 150 valence electrons. The molecule has 1 aliphatic rings. The highest BCUT2D eigenvalue weighted by Gasteiger charge is 2.32. The molecule has 2 aromatic carbocycles. The van der Waals surface area contributed by atoms with E-state index in [0.29, 0.717) is 13.1 Å². The first-order chi connectivity index (χ1) is 13.4. The van der Waals surface area contributed by atoms with Crippen LogP contribution in [0.4, 0.5) is 5.69 Å². The van der Waals surface area contributed by atoms with Crippen molar-refractivity contribution in [2.24, 2.45) is 5.92 Å². The molecule has 1 aliphatic heterocycles. The number of aliphatic carboxylic acids is 1. The Morgan fingerprint density at radius 2 is 2.04 bits per heavy atom. The van der Waals surface area contributed by atoms with E-state index in [1.54, 1.807) is 7.11 Å². The molecule has 1 N–H and O–H groups in total. The zero-order valence-corrected chi connectivity index (χ0v) is 17.2. The number of carboxylic acids is 1. The number of likely N-dealkylation sites (tertiary alicyclic amines) is 1. The smallest absolute Gasteiger partial charge is 0.309 e. The molecule has 5 heteroatoms. The fourth-order valence-electron chi connectivity index (χ4n) is 3.87. The maximum atomic E-state index is 11.0. The number of methoxy groups -OCH3 is 1. The van der Waals surface area contributed by atoms with Crippen LogP contribution in [-0.2, 0) is 11.3 Å². The normalized spacial score (nSPS) is 15.7. The lowest BCUT2D eigenvalue weighted by Gasteiger charge is -2.37. The van der Waals surface area contributed by atoms with Gasteiger partial charge in [0.15, 0.2) is 0 Å². The van der Waals surface area contributed by atoms with Crippen LogP contribution < -0.4 is 9.64 Å². The number of hydrogen-bond donors (Lipinski definition) is 1. The first kappa shape index (κ1) is 20.2. The Bertz CT molecular complexity index is 830. The van der Waals surface area contributed by atoms with E-state index in [1.807, 2.05) is 12.1 Å². The lowest BCUT2D eigenvalue weighted by atomic mass is 9.96. The van der Waals surface area contributed by atoms with Crippen molar-refractivity contribution in [2.45, 2.75) is 33.4 Å². The molecular formula is C23H30N2O3. The van der Waals surface area contributed by atoms with Gasteiger partial charge in [-0.1, -0.05) is 24.3 Å². The predicted molar refractivity (Wildman–Crippen MR) is 112 cm³/mol. The maximum Gasteiger partial charge on any atom is 0.309 e. The van der Waals surface area contributed by atoms with Crippen molar-refractivity contribution in [2.75, 3.05) is 31.6 Å². The summed E-state index contributed by atoms with van der Waals surface area (Å²) in [4.78, 5) is 15.6. The summed E-state index contributed by atoms with van der Waals surface area (Å²) in [6.07, 6.45) is 0. The lowest BCUT2D eigenvalue weighted by Crippen LogP contribution is -2.49. The number of hydrogen-bond acceptors (Lipinski definition) is 4. The summed E-state index contributed by atoms with van der Waals surface area (Å²) >= 11 is 0. The second-order valence-corrected chi connectivity index (χ2v) is 7.58. The Labute approximate surface area is 167 Å². The molecule has 0 amide bonds. The van der Waals surface area contributed by atoms with E-state index >= 15 is 0 Å². The highest BCUT2D eigenvalue weighted by molar-refractivity contribution is 5.71. The van der Waals surface area contributed by atoms with E-state index < -0.39 is 5.97 Å². The molecule has 0 radical (unpaired) electrons. The number of aryl methyl sites for hydroxylation is 1. The van der Waals surface area contributed by atoms with Gasteiger partial charge in [0.2, 0.25) is 0 Å². The fourth-order valence-corrected chi connectivity index (χ4v) is 3.87. The number of carboxylic acid groups (broad SMARTS) is 1. The third-order valence-corrected chi connectivity index (χ3v) is 5.75. The van der Waals surface area contributed by atoms with E-state index in [1.165, 1.54) is 16.7 Å². The van der Waals surface area contributed by atoms with Gasteiger partial charge in [-0.05, 0) is 49.6 Å². The van der Waals surface area contributed by atoms with Crippen LogP contribution in [0.3, 0.4) is 0 Å². The van der Waals surface area contributed by atoms with E-state index in [2.05, 4.69) is 60.9 Å². The molecule has 0 aromatic heterocycles. The third-order valence-electron chi connectivity index (χ3n) is 5.75. The molecule has 0 spiro atoms. The Kier molecular flexibility index (Phi) is 6.25. The van der Waals surface area contributed by atoms with Crippen molar-refractivity contribution >= 4 is 11.7 Å². The Morgan fingerprint density at radius 1 is 1.29 bits per heavy atom. The molecule has 0 aliphatic carbocycles. The summed E-state index contributed by atoms with van der Waals surface area (Å²) in [6, 6.07) is 15.0. The van der Waals surface area contributed by atoms with E-state index in [-0.39, 0.29) is 12.0 Å². The molecule has 5 nitrogen and oxygen atoms in total. The average Bonchev–Trinajstić information content (AvgIpc) is 2.66. The molecule has 3 rings (SSSR count). The minimum atomic E-state index is -0.688. The zero-order valence-electron chi connectivity index (χ0n) is 17.2. The van der Waals surface area contributed by atoms with Crippen LogP contribution in [0, 0.1) is 12.8 Å². The van der Waals surface area contributed by atoms with Gasteiger partial charge in [0, 0.05) is 37.9 Å². The van der Waals surface area contributed by atoms with Gasteiger partial charge in [0.25, 0.3) is 0 Å². The number of anilines is 1. The summed E-state index contributed by atoms with van der Waals surface area (Å²) in [5.74, 6) is -0.0446. The van der Waals surface area contributed by atoms with Crippen LogP contribution in [0.15, 0.2) is 42.5 Å². The fraction of sp³-hybridized carbons (Fsp3) is 0.435. The van der Waals surface area contributed by atoms with Crippen molar-refractivity contribution in [1.82, 2.24) is 4.90 Å². The van der Waals surface area contributed by atoms with Crippen LogP contribution in [0.1, 0.15) is 36.6 Å². The number of ether oxygens (including phenoxy) is 1. The van der Waals surface area contributed by atoms with E-state index in [0.717, 1.165) is 24.5 Å². The Balaban J connectivity index is 1.77. The summed E-state index contributed by atoms with van der Waals surface area (Å²) in [5, 5.41) is 9.08. The molecule has 28 heavy (non-hydrogen) atoms. The van der Waals surface area contributed by atoms with Gasteiger partial charge in [-0.15, -0.1) is 0 Å². The van der Waals surface area contributed by atoms with E-state index in [9.17, 15) is 4.79 Å². The SMILES string of the molecule is CCN(c1cccc(OC)c1)C(C)c1ccc(C)c(CN2CC(C(=O)O)C2)c1. The molecule has 0 bridgehead atoms. The summed E-state index contributed by atoms with van der Waals surface area (Å²) in [7, 11) is 1.69. The molecule has 0 saturated carbocycles. The predicted octanol–water partition coefficient (Wildman–Crippen LogP) is 4.11. The van der Waals surface area contributed by atoms with Crippen molar-refractivity contribution in [1.29, 1.82) is 0 Å². The van der Waals surface area contributed by atoms with Gasteiger partial charge in [0.05, 0.1) is 19.1 Å². The van der Waals surface area contributed by atoms with Crippen molar-refractivity contribution in [3.8, 4) is 5.75 Å². The lowest BCUT2D eigenvalue weighted by molar-refractivity contribution is -0.147. The second-order valence-electron chi connectivity index (χ2n) is 7.58. The number of benzene rings is 2. The molecule has 1 heterocycles. The minimum Gasteiger partial charge on any atom is -0.497 e. The first-order valence-corrected chi connectivity index (χ1v) is 9.88. The highest BCUT2D eigenvalue weighted by atomic mass is 16.5. The summed E-state index contributed by atoms with van der Waals surface area (Å²) in [6.45, 7) is 9.49. The van der Waals surface area contributed by atoms with Gasteiger partial charge < -0.3 is 14.7 Å². The molecule has 2 aromatic rings. The minimum absolute atomic E-state index is 0.217. The van der Waals surface area contributed by atoms with Crippen LogP contribution >= 0.6 is 0 Å². The number of carbonyl (C=O) groups is 1. The van der Waals surface area contributed by atoms with Crippen molar-refractivity contribution in [3.05, 3.63) is 59.2 Å². The second kappa shape index (κ2) is 8.65. The topological polar surface area (TPSA) is 53.0 Å². The number of nitrogens with zero attached hydrogens (tertiary/aromatic N) is 2. The van der Waals surface area contributed by atoms with Crippen molar-refractivity contribution in [3.63, 3.8) is 0 Å². The van der Waals surface area contributed by atoms with Crippen LogP contribution in [-0.4, -0.2) is 42.7 Å². The van der Waals surface area contributed by atoms with Gasteiger partial charge >= 0.3 is 5.97 Å². The van der Waals surface area contributed by atoms with Gasteiger partial charge in [0.1, 0.15) is 5.75 Å². The van der Waals surface area contributed by atoms with Gasteiger partial charge in [-0.25, -0.2) is 0 Å². The third kappa shape index (κ3) is 4.30. The van der Waals surface area contributed by atoms with Gasteiger partial charge in [-0.3, -0.25) is 9.69 Å². The quantitative estimate of drug-likeness (QED) is 0.745. The van der Waals surface area contributed by atoms with Crippen LogP contribution in [0.2, 0.25) is 0 Å². The summed E-state index contributed by atoms with van der Waals surface area (Å²) < 4.78 is 5.38.